The fraction of sp³-hybridized carbons (Fsp3) is 0.333. The van der Waals surface area contributed by atoms with Crippen molar-refractivity contribution >= 4 is 7.41 Å². The normalized spacial score (nSPS) is 39.8. The molecule has 2 aliphatic rings. The number of fused-ring (bicyclic) bond motifs is 1. The maximum absolute atomic E-state index is 3.35. The maximum Gasteiger partial charge on any atom is 0.261 e. The predicted molar refractivity (Wildman–Crippen MR) is 37.8 cm³/mol. The number of nitrogens with one attached hydrogen (secondary N) is 1. The van der Waals surface area contributed by atoms with Crippen molar-refractivity contribution in [1.82, 2.24) is 5.09 Å². The van der Waals surface area contributed by atoms with E-state index in [4.69, 9.17) is 0 Å². The molecule has 0 aromatic rings. The van der Waals surface area contributed by atoms with Gasteiger partial charge in [-0.2, -0.15) is 0 Å². The van der Waals surface area contributed by atoms with Gasteiger partial charge in [-0.1, -0.05) is 6.08 Å². The third-order valence-electron chi connectivity index (χ3n) is 1.73. The lowest BCUT2D eigenvalue weighted by Crippen LogP contribution is -1.79. The van der Waals surface area contributed by atoms with E-state index in [1.54, 1.807) is 10.8 Å². The molecule has 1 fully saturated rings. The van der Waals surface area contributed by atoms with Gasteiger partial charge in [0.2, 0.25) is 0 Å². The zero-order valence-electron chi connectivity index (χ0n) is 5.10. The van der Waals surface area contributed by atoms with E-state index in [9.17, 15) is 0 Å². The summed E-state index contributed by atoms with van der Waals surface area (Å²) in [6.45, 7) is 4.39. The third-order valence-corrected chi connectivity index (χ3v) is 4.53. The van der Waals surface area contributed by atoms with Crippen LogP contribution in [0, 0.1) is 0 Å². The molecule has 1 nitrogen and oxygen atoms in total. The molecule has 2 heteroatoms. The van der Waals surface area contributed by atoms with Crippen LogP contribution >= 0.6 is 7.41 Å². The quantitative estimate of drug-likeness (QED) is 0.420. The molecule has 8 heavy (non-hydrogen) atoms. The molecule has 42 valence electrons. The molecule has 0 aromatic heterocycles. The first-order valence-corrected chi connectivity index (χ1v) is 5.05. The van der Waals surface area contributed by atoms with Gasteiger partial charge in [-0.05, 0) is 13.0 Å². The van der Waals surface area contributed by atoms with Crippen molar-refractivity contribution < 1.29 is 0 Å². The Bertz CT molecular complexity index is 205. The minimum absolute atomic E-state index is 0.602. The Morgan fingerprint density at radius 3 is 2.38 bits per heavy atom. The summed E-state index contributed by atoms with van der Waals surface area (Å²) >= 11 is 0. The first kappa shape index (κ1) is 4.58. The molecule has 1 unspecified atom stereocenters. The summed E-state index contributed by atoms with van der Waals surface area (Å²) in [5.74, 6) is 0. The highest BCUT2D eigenvalue weighted by Crippen LogP contribution is 2.94. The van der Waals surface area contributed by atoms with Gasteiger partial charge >= 0.3 is 0 Å². The number of hydrogen-bond donors (Lipinski definition) is 1. The molecule has 0 bridgehead atoms. The summed E-state index contributed by atoms with van der Waals surface area (Å²) in [5.41, 5.74) is 1.57. The summed E-state index contributed by atoms with van der Waals surface area (Å²) in [6.07, 6.45) is 4.33. The Kier molecular flexibility index (Phi) is 0.578. The van der Waals surface area contributed by atoms with Crippen molar-refractivity contribution in [2.24, 2.45) is 0 Å². The topological polar surface area (TPSA) is 21.9 Å². The molecule has 2 rings (SSSR count). The Hall–Kier alpha value is -0.290. The van der Waals surface area contributed by atoms with E-state index in [0.717, 1.165) is 0 Å². The zero-order valence-corrected chi connectivity index (χ0v) is 6.00. The highest BCUT2D eigenvalue weighted by molar-refractivity contribution is 7.96. The lowest BCUT2D eigenvalue weighted by Gasteiger charge is -1.80. The van der Waals surface area contributed by atoms with E-state index in [2.05, 4.69) is 30.8 Å². The van der Waals surface area contributed by atoms with Gasteiger partial charge in [0.25, 0.3) is 5.44 Å². The second-order valence-corrected chi connectivity index (χ2v) is 5.52. The van der Waals surface area contributed by atoms with E-state index >= 15 is 0 Å². The second kappa shape index (κ2) is 1.01. The van der Waals surface area contributed by atoms with Crippen molar-refractivity contribution in [2.75, 3.05) is 6.66 Å². The molecule has 0 spiro atoms. The first-order chi connectivity index (χ1) is 3.79. The van der Waals surface area contributed by atoms with Gasteiger partial charge in [0.1, 0.15) is 0 Å². The van der Waals surface area contributed by atoms with Gasteiger partial charge in [0.15, 0.2) is 12.7 Å². The van der Waals surface area contributed by atoms with E-state index in [1.807, 2.05) is 0 Å². The third kappa shape index (κ3) is 0.326. The van der Waals surface area contributed by atoms with Gasteiger partial charge in [0.05, 0.1) is 6.66 Å². The summed E-state index contributed by atoms with van der Waals surface area (Å²) < 4.78 is 0. The molecule has 0 aliphatic carbocycles. The zero-order chi connectivity index (χ0) is 5.78. The van der Waals surface area contributed by atoms with Crippen LogP contribution in [0.1, 0.15) is 6.92 Å². The molecular formula is C6H9NP+. The van der Waals surface area contributed by atoms with Crippen LogP contribution in [0.5, 0.6) is 0 Å². The van der Waals surface area contributed by atoms with Gasteiger partial charge in [-0.15, -0.1) is 0 Å². The molecule has 0 saturated carbocycles. The Morgan fingerprint density at radius 1 is 1.62 bits per heavy atom. The summed E-state index contributed by atoms with van der Waals surface area (Å²) in [4.78, 5) is 0. The van der Waals surface area contributed by atoms with Crippen LogP contribution in [0.25, 0.3) is 0 Å². The molecule has 0 aromatic carbocycles. The van der Waals surface area contributed by atoms with Crippen molar-refractivity contribution in [1.29, 1.82) is 0 Å². The lowest BCUT2D eigenvalue weighted by molar-refractivity contribution is 1.46. The second-order valence-electron chi connectivity index (χ2n) is 2.35. The van der Waals surface area contributed by atoms with E-state index in [-0.39, 0.29) is 0 Å². The lowest BCUT2D eigenvalue weighted by atomic mass is 10.5. The van der Waals surface area contributed by atoms with Gasteiger partial charge < -0.3 is 0 Å². The smallest absolute Gasteiger partial charge is 0.211 e. The van der Waals surface area contributed by atoms with Crippen LogP contribution in [0.2, 0.25) is 0 Å². The molecule has 1 saturated heterocycles. The van der Waals surface area contributed by atoms with Crippen molar-refractivity contribution in [3.05, 3.63) is 22.9 Å². The van der Waals surface area contributed by atoms with Crippen molar-refractivity contribution in [2.45, 2.75) is 6.92 Å². The summed E-state index contributed by atoms with van der Waals surface area (Å²) in [6, 6.07) is 0. The van der Waals surface area contributed by atoms with Crippen LogP contribution in [0.15, 0.2) is 22.9 Å². The summed E-state index contributed by atoms with van der Waals surface area (Å²) in [7, 11) is -0.602. The fourth-order valence-corrected chi connectivity index (χ4v) is 3.61. The number of hydrogen-bond acceptors (Lipinski definition) is 1. The van der Waals surface area contributed by atoms with E-state index in [0.29, 0.717) is 0 Å². The Morgan fingerprint density at radius 2 is 2.25 bits per heavy atom. The average molecular weight is 126 g/mol. The Labute approximate surface area is 49.9 Å². The number of rotatable bonds is 1. The molecule has 1 atom stereocenters. The minimum atomic E-state index is -0.602. The molecule has 1 N–H and O–H groups in total. The standard InChI is InChI=1S/C6H9NP/c1-3-4-5-6-7-8(5,6)2/h3-4,7H,1-2H3/q+1/b4-3-. The minimum Gasteiger partial charge on any atom is -0.211 e. The van der Waals surface area contributed by atoms with Crippen LogP contribution < -0.4 is 5.09 Å². The van der Waals surface area contributed by atoms with Gasteiger partial charge in [-0.3, -0.25) is 0 Å². The predicted octanol–water partition coefficient (Wildman–Crippen LogP) is 1.91. The van der Waals surface area contributed by atoms with Crippen LogP contribution in [0.3, 0.4) is 0 Å². The first-order valence-electron chi connectivity index (χ1n) is 2.82. The van der Waals surface area contributed by atoms with Crippen molar-refractivity contribution in [3.63, 3.8) is 0 Å². The van der Waals surface area contributed by atoms with Gasteiger partial charge in [-0.25, -0.2) is 5.09 Å². The highest BCUT2D eigenvalue weighted by Gasteiger charge is 2.77. The molecule has 2 heterocycles. The SMILES string of the molecule is C/C=C\C1=C2N[P+]12C. The van der Waals surface area contributed by atoms with Crippen LogP contribution in [-0.4, -0.2) is 6.66 Å². The molecule has 0 radical (unpaired) electrons. The molecular weight excluding hydrogens is 117 g/mol. The number of allylic oxidation sites excluding steroid dienone is 3. The Balaban J connectivity index is 2.17. The highest BCUT2D eigenvalue weighted by atomic mass is 31.2. The summed E-state index contributed by atoms with van der Waals surface area (Å²) in [5, 5.41) is 4.96. The molecule has 0 amide bonds. The molecule has 2 aliphatic heterocycles. The maximum atomic E-state index is 3.35. The van der Waals surface area contributed by atoms with Crippen LogP contribution in [0.4, 0.5) is 0 Å². The fourth-order valence-electron chi connectivity index (χ4n) is 0.985. The van der Waals surface area contributed by atoms with Crippen LogP contribution in [-0.2, 0) is 0 Å². The van der Waals surface area contributed by atoms with E-state index in [1.165, 1.54) is 0 Å². The monoisotopic (exact) mass is 126 g/mol. The average Bonchev–Trinajstić information content (AvgIpc) is 2.49. The largest absolute Gasteiger partial charge is 0.261 e. The van der Waals surface area contributed by atoms with Crippen molar-refractivity contribution in [3.8, 4) is 0 Å². The van der Waals surface area contributed by atoms with E-state index < -0.39 is 7.41 Å². The van der Waals surface area contributed by atoms with Gasteiger partial charge in [0, 0.05) is 0 Å².